The van der Waals surface area contributed by atoms with E-state index in [9.17, 15) is 18.0 Å². The molecule has 0 radical (unpaired) electrons. The highest BCUT2D eigenvalue weighted by atomic mass is 19.1. The number of ether oxygens (including phenoxy) is 1. The number of amides is 2. The lowest BCUT2D eigenvalue weighted by Gasteiger charge is -2.41. The second kappa shape index (κ2) is 13.5. The van der Waals surface area contributed by atoms with Crippen LogP contribution in [0.4, 0.5) is 18.0 Å². The zero-order valence-corrected chi connectivity index (χ0v) is 24.0. The summed E-state index contributed by atoms with van der Waals surface area (Å²) < 4.78 is 49.8. The number of aromatic nitrogens is 2. The minimum atomic E-state index is -0.727. The van der Waals surface area contributed by atoms with Crippen LogP contribution in [0.1, 0.15) is 57.5 Å². The Morgan fingerprint density at radius 1 is 1.17 bits per heavy atom. The van der Waals surface area contributed by atoms with E-state index in [2.05, 4.69) is 5.32 Å². The highest BCUT2D eigenvalue weighted by molar-refractivity contribution is 5.75. The highest BCUT2D eigenvalue weighted by Crippen LogP contribution is 2.39. The van der Waals surface area contributed by atoms with Gasteiger partial charge in [0.1, 0.15) is 24.1 Å². The van der Waals surface area contributed by atoms with E-state index in [0.717, 1.165) is 23.8 Å². The topological polar surface area (TPSA) is 85.4 Å². The van der Waals surface area contributed by atoms with Crippen LogP contribution in [-0.4, -0.2) is 59.0 Å². The van der Waals surface area contributed by atoms with Crippen LogP contribution in [0.3, 0.4) is 0 Å². The number of benzene rings is 2. The van der Waals surface area contributed by atoms with Crippen LogP contribution in [0.15, 0.2) is 54.7 Å². The molecule has 1 aromatic heterocycles. The SMILES string of the molecule is CC(C)(C)[C@H](c1nc(-c2cc(F)ccc2F)cn1Cc1ccccc1)N(CC[C@H](N)CF)C(=O)NC1CCOCC1. The van der Waals surface area contributed by atoms with Crippen molar-refractivity contribution in [1.29, 1.82) is 0 Å². The van der Waals surface area contributed by atoms with Crippen molar-refractivity contribution in [3.8, 4) is 11.3 Å². The number of imidazole rings is 1. The van der Waals surface area contributed by atoms with Gasteiger partial charge in [0, 0.05) is 50.1 Å². The molecule has 4 rings (SSSR count). The lowest BCUT2D eigenvalue weighted by atomic mass is 9.84. The van der Waals surface area contributed by atoms with E-state index in [0.29, 0.717) is 38.4 Å². The molecule has 1 aliphatic heterocycles. The molecule has 2 atom stereocenters. The number of halogens is 3. The number of alkyl halides is 1. The minimum absolute atomic E-state index is 0.0309. The van der Waals surface area contributed by atoms with Gasteiger partial charge >= 0.3 is 6.03 Å². The van der Waals surface area contributed by atoms with Crippen LogP contribution in [0.5, 0.6) is 0 Å². The van der Waals surface area contributed by atoms with Gasteiger partial charge in [0.2, 0.25) is 0 Å². The summed E-state index contributed by atoms with van der Waals surface area (Å²) in [5.41, 5.74) is 6.66. The summed E-state index contributed by atoms with van der Waals surface area (Å²) in [5.74, 6) is -0.667. The molecule has 10 heteroatoms. The van der Waals surface area contributed by atoms with Gasteiger partial charge in [-0.1, -0.05) is 51.1 Å². The number of nitrogens with zero attached hydrogens (tertiary/aromatic N) is 3. The lowest BCUT2D eigenvalue weighted by Crippen LogP contribution is -2.51. The Morgan fingerprint density at radius 2 is 1.88 bits per heavy atom. The van der Waals surface area contributed by atoms with E-state index in [4.69, 9.17) is 15.5 Å². The second-order valence-corrected chi connectivity index (χ2v) is 11.7. The van der Waals surface area contributed by atoms with Gasteiger partial charge in [0.05, 0.1) is 11.7 Å². The number of urea groups is 1. The average molecular weight is 572 g/mol. The zero-order chi connectivity index (χ0) is 29.6. The summed E-state index contributed by atoms with van der Waals surface area (Å²) in [6.45, 7) is 6.97. The predicted molar refractivity (Wildman–Crippen MR) is 153 cm³/mol. The maximum atomic E-state index is 14.9. The molecule has 0 aliphatic carbocycles. The molecule has 3 N–H and O–H groups in total. The first-order chi connectivity index (χ1) is 19.6. The maximum absolute atomic E-state index is 14.9. The summed E-state index contributed by atoms with van der Waals surface area (Å²) in [5, 5.41) is 3.13. The Kier molecular flexibility index (Phi) is 10.1. The molecular weight excluding hydrogens is 531 g/mol. The summed E-state index contributed by atoms with van der Waals surface area (Å²) in [7, 11) is 0. The number of nitrogens with one attached hydrogen (secondary N) is 1. The average Bonchev–Trinajstić information content (AvgIpc) is 3.34. The molecule has 1 aliphatic rings. The third-order valence-electron chi connectivity index (χ3n) is 7.33. The van der Waals surface area contributed by atoms with Gasteiger partial charge in [0.25, 0.3) is 0 Å². The number of rotatable bonds is 10. The van der Waals surface area contributed by atoms with Gasteiger partial charge in [0.15, 0.2) is 0 Å². The van der Waals surface area contributed by atoms with Crippen molar-refractivity contribution >= 4 is 6.03 Å². The smallest absolute Gasteiger partial charge is 0.318 e. The quantitative estimate of drug-likeness (QED) is 0.320. The van der Waals surface area contributed by atoms with E-state index in [1.807, 2.05) is 55.7 Å². The standard InChI is InChI=1S/C31H40F3N5O2/c1-31(2,3)28(39(14-11-23(35)18-32)30(40)36-24-12-15-41-16-13-24)29-37-27(25-17-22(33)9-10-26(25)34)20-38(29)19-21-7-5-4-6-8-21/h4-10,17,20,23-24,28H,11-16,18-19,35H2,1-3H3,(H,36,40)/t23-,28-/m0/s1. The Morgan fingerprint density at radius 3 is 2.54 bits per heavy atom. The number of carbonyl (C=O) groups is 1. The molecule has 0 saturated carbocycles. The highest BCUT2D eigenvalue weighted by Gasteiger charge is 2.39. The second-order valence-electron chi connectivity index (χ2n) is 11.7. The Bertz CT molecular complexity index is 1290. The predicted octanol–water partition coefficient (Wildman–Crippen LogP) is 5.84. The number of carbonyl (C=O) groups excluding carboxylic acids is 1. The number of hydrogen-bond acceptors (Lipinski definition) is 4. The Balaban J connectivity index is 1.82. The minimum Gasteiger partial charge on any atom is -0.381 e. The van der Waals surface area contributed by atoms with Gasteiger partial charge in [-0.05, 0) is 48.4 Å². The number of nitrogens with two attached hydrogens (primary N) is 1. The zero-order valence-electron chi connectivity index (χ0n) is 24.0. The molecule has 0 unspecified atom stereocenters. The van der Waals surface area contributed by atoms with Crippen molar-refractivity contribution in [3.63, 3.8) is 0 Å². The first kappa shape index (κ1) is 30.6. The monoisotopic (exact) mass is 571 g/mol. The summed E-state index contributed by atoms with van der Waals surface area (Å²) >= 11 is 0. The molecule has 0 spiro atoms. The fourth-order valence-electron chi connectivity index (χ4n) is 5.20. The fraction of sp³-hybridized carbons (Fsp3) is 0.484. The molecular formula is C31H40F3N5O2. The molecule has 0 bridgehead atoms. The van der Waals surface area contributed by atoms with Crippen LogP contribution in [0.2, 0.25) is 0 Å². The Hall–Kier alpha value is -3.37. The van der Waals surface area contributed by atoms with Crippen molar-refractivity contribution in [2.45, 2.75) is 64.7 Å². The van der Waals surface area contributed by atoms with Crippen LogP contribution >= 0.6 is 0 Å². The van der Waals surface area contributed by atoms with Gasteiger partial charge in [-0.2, -0.15) is 0 Å². The molecule has 7 nitrogen and oxygen atoms in total. The summed E-state index contributed by atoms with van der Waals surface area (Å²) in [6, 6.07) is 11.3. The third kappa shape index (κ3) is 7.89. The van der Waals surface area contributed by atoms with Gasteiger partial charge in [-0.3, -0.25) is 0 Å². The van der Waals surface area contributed by atoms with E-state index < -0.39 is 35.8 Å². The van der Waals surface area contributed by atoms with Crippen LogP contribution < -0.4 is 11.1 Å². The molecule has 1 saturated heterocycles. The molecule has 222 valence electrons. The van der Waals surface area contributed by atoms with E-state index in [1.165, 1.54) is 0 Å². The van der Waals surface area contributed by atoms with Crippen molar-refractivity contribution in [2.24, 2.45) is 11.1 Å². The van der Waals surface area contributed by atoms with E-state index >= 15 is 0 Å². The molecule has 2 heterocycles. The Labute approximate surface area is 239 Å². The van der Waals surface area contributed by atoms with Gasteiger partial charge in [-0.15, -0.1) is 0 Å². The van der Waals surface area contributed by atoms with Gasteiger partial charge in [-0.25, -0.2) is 22.9 Å². The normalized spacial score (nSPS) is 15.9. The molecule has 2 amide bonds. The lowest BCUT2D eigenvalue weighted by molar-refractivity contribution is 0.0706. The van der Waals surface area contributed by atoms with Gasteiger partial charge < -0.3 is 25.3 Å². The molecule has 2 aromatic carbocycles. The summed E-state index contributed by atoms with van der Waals surface area (Å²) in [6.07, 6.45) is 3.32. The maximum Gasteiger partial charge on any atom is 0.318 e. The molecule has 1 fully saturated rings. The van der Waals surface area contributed by atoms with Crippen molar-refractivity contribution < 1.29 is 22.7 Å². The van der Waals surface area contributed by atoms with Crippen molar-refractivity contribution in [2.75, 3.05) is 26.4 Å². The first-order valence-electron chi connectivity index (χ1n) is 14.1. The van der Waals surface area contributed by atoms with Crippen molar-refractivity contribution in [3.05, 3.63) is 77.8 Å². The fourth-order valence-corrected chi connectivity index (χ4v) is 5.20. The molecule has 41 heavy (non-hydrogen) atoms. The third-order valence-corrected chi connectivity index (χ3v) is 7.33. The summed E-state index contributed by atoms with van der Waals surface area (Å²) in [4.78, 5) is 20.4. The van der Waals surface area contributed by atoms with Crippen LogP contribution in [0, 0.1) is 17.0 Å². The van der Waals surface area contributed by atoms with Crippen LogP contribution in [0.25, 0.3) is 11.3 Å². The molecule has 3 aromatic rings. The first-order valence-corrected chi connectivity index (χ1v) is 14.1. The largest absolute Gasteiger partial charge is 0.381 e. The van der Waals surface area contributed by atoms with E-state index in [-0.39, 0.29) is 36.3 Å². The van der Waals surface area contributed by atoms with Crippen molar-refractivity contribution in [1.82, 2.24) is 19.8 Å². The number of hydrogen-bond donors (Lipinski definition) is 2. The van der Waals surface area contributed by atoms with Crippen LogP contribution in [-0.2, 0) is 11.3 Å². The van der Waals surface area contributed by atoms with E-state index in [1.54, 1.807) is 11.1 Å².